The van der Waals surface area contributed by atoms with E-state index in [0.717, 1.165) is 17.0 Å². The summed E-state index contributed by atoms with van der Waals surface area (Å²) in [5.74, 6) is 0.895. The minimum Gasteiger partial charge on any atom is -0.494 e. The largest absolute Gasteiger partial charge is 0.494 e. The lowest BCUT2D eigenvalue weighted by Crippen LogP contribution is -2.51. The van der Waals surface area contributed by atoms with E-state index in [1.54, 1.807) is 0 Å². The van der Waals surface area contributed by atoms with Gasteiger partial charge in [-0.1, -0.05) is 18.2 Å². The van der Waals surface area contributed by atoms with Crippen LogP contribution in [0.3, 0.4) is 0 Å². The SMILES string of the molecule is CCOc1ccc(/C=C/C2=CC(C)(C)NC(=S)N2)cc1. The first-order chi connectivity index (χ1) is 9.48. The highest BCUT2D eigenvalue weighted by molar-refractivity contribution is 7.80. The van der Waals surface area contributed by atoms with Crippen molar-refractivity contribution in [2.24, 2.45) is 0 Å². The third-order valence-electron chi connectivity index (χ3n) is 2.86. The van der Waals surface area contributed by atoms with E-state index in [9.17, 15) is 0 Å². The number of ether oxygens (including phenoxy) is 1. The Kier molecular flexibility index (Phi) is 4.45. The average molecular weight is 288 g/mol. The summed E-state index contributed by atoms with van der Waals surface area (Å²) < 4.78 is 5.42. The van der Waals surface area contributed by atoms with E-state index in [1.165, 1.54) is 0 Å². The summed E-state index contributed by atoms with van der Waals surface area (Å²) in [5, 5.41) is 7.00. The Morgan fingerprint density at radius 3 is 2.50 bits per heavy atom. The van der Waals surface area contributed by atoms with Gasteiger partial charge in [0.05, 0.1) is 12.1 Å². The van der Waals surface area contributed by atoms with Crippen LogP contribution in [0.1, 0.15) is 26.3 Å². The topological polar surface area (TPSA) is 33.3 Å². The Bertz CT molecular complexity index is 544. The molecule has 0 unspecified atom stereocenters. The van der Waals surface area contributed by atoms with Crippen LogP contribution >= 0.6 is 12.2 Å². The van der Waals surface area contributed by atoms with Crippen LogP contribution in [0.4, 0.5) is 0 Å². The van der Waals surface area contributed by atoms with Crippen molar-refractivity contribution in [2.45, 2.75) is 26.3 Å². The van der Waals surface area contributed by atoms with Gasteiger partial charge in [0.25, 0.3) is 0 Å². The molecule has 1 aromatic carbocycles. The fraction of sp³-hybridized carbons (Fsp3) is 0.312. The van der Waals surface area contributed by atoms with Gasteiger partial charge in [-0.25, -0.2) is 0 Å². The average Bonchev–Trinajstić information content (AvgIpc) is 2.36. The summed E-state index contributed by atoms with van der Waals surface area (Å²) in [7, 11) is 0. The van der Waals surface area contributed by atoms with Crippen molar-refractivity contribution < 1.29 is 4.74 Å². The molecule has 0 atom stereocenters. The molecule has 106 valence electrons. The molecule has 1 aliphatic rings. The van der Waals surface area contributed by atoms with Gasteiger partial charge >= 0.3 is 0 Å². The summed E-state index contributed by atoms with van der Waals surface area (Å²) in [6, 6.07) is 8.02. The highest BCUT2D eigenvalue weighted by Crippen LogP contribution is 2.16. The Labute approximate surface area is 125 Å². The maximum absolute atomic E-state index is 5.42. The molecule has 1 aromatic rings. The van der Waals surface area contributed by atoms with Gasteiger partial charge in [0.15, 0.2) is 5.11 Å². The van der Waals surface area contributed by atoms with Crippen LogP contribution in [0, 0.1) is 0 Å². The molecule has 0 saturated heterocycles. The van der Waals surface area contributed by atoms with Crippen molar-refractivity contribution in [1.29, 1.82) is 0 Å². The lowest BCUT2D eigenvalue weighted by molar-refractivity contribution is 0.340. The molecule has 4 heteroatoms. The van der Waals surface area contributed by atoms with Gasteiger partial charge in [-0.15, -0.1) is 0 Å². The zero-order chi connectivity index (χ0) is 14.6. The third-order valence-corrected chi connectivity index (χ3v) is 3.06. The first-order valence-electron chi connectivity index (χ1n) is 6.71. The fourth-order valence-corrected chi connectivity index (χ4v) is 2.41. The lowest BCUT2D eigenvalue weighted by atomic mass is 10.0. The minimum atomic E-state index is -0.124. The summed E-state index contributed by atoms with van der Waals surface area (Å²) in [4.78, 5) is 0. The molecule has 0 fully saturated rings. The van der Waals surface area contributed by atoms with Gasteiger partial charge in [0.1, 0.15) is 5.75 Å². The normalized spacial score (nSPS) is 17.4. The molecule has 0 bridgehead atoms. The van der Waals surface area contributed by atoms with E-state index < -0.39 is 0 Å². The summed E-state index contributed by atoms with van der Waals surface area (Å²) in [6.45, 7) is 6.84. The molecule has 0 amide bonds. The maximum Gasteiger partial charge on any atom is 0.171 e. The fourth-order valence-electron chi connectivity index (χ4n) is 2.03. The molecule has 3 nitrogen and oxygen atoms in total. The van der Waals surface area contributed by atoms with Crippen molar-refractivity contribution in [3.05, 3.63) is 47.7 Å². The highest BCUT2D eigenvalue weighted by Gasteiger charge is 2.20. The van der Waals surface area contributed by atoms with Gasteiger partial charge in [-0.3, -0.25) is 0 Å². The van der Waals surface area contributed by atoms with Crippen LogP contribution < -0.4 is 15.4 Å². The molecule has 2 N–H and O–H groups in total. The van der Waals surface area contributed by atoms with Gasteiger partial charge in [-0.05, 0) is 62.8 Å². The Hall–Kier alpha value is -1.81. The molecule has 0 spiro atoms. The maximum atomic E-state index is 5.42. The molecule has 0 aliphatic carbocycles. The van der Waals surface area contributed by atoms with Crippen molar-refractivity contribution in [1.82, 2.24) is 10.6 Å². The van der Waals surface area contributed by atoms with Crippen molar-refractivity contribution in [3.63, 3.8) is 0 Å². The van der Waals surface area contributed by atoms with Gasteiger partial charge in [-0.2, -0.15) is 0 Å². The molecule has 20 heavy (non-hydrogen) atoms. The number of benzene rings is 1. The van der Waals surface area contributed by atoms with E-state index in [1.807, 2.05) is 37.3 Å². The molecule has 0 aromatic heterocycles. The molecule has 1 aliphatic heterocycles. The molecule has 0 radical (unpaired) electrons. The van der Waals surface area contributed by atoms with Crippen molar-refractivity contribution >= 4 is 23.4 Å². The van der Waals surface area contributed by atoms with E-state index in [2.05, 4.69) is 36.6 Å². The zero-order valence-corrected chi connectivity index (χ0v) is 12.9. The van der Waals surface area contributed by atoms with E-state index in [0.29, 0.717) is 11.7 Å². The number of hydrogen-bond donors (Lipinski definition) is 2. The molecule has 0 saturated carbocycles. The lowest BCUT2D eigenvalue weighted by Gasteiger charge is -2.30. The Morgan fingerprint density at radius 1 is 1.20 bits per heavy atom. The first-order valence-corrected chi connectivity index (χ1v) is 7.12. The predicted molar refractivity (Wildman–Crippen MR) is 87.7 cm³/mol. The van der Waals surface area contributed by atoms with Gasteiger partial charge in [0, 0.05) is 5.70 Å². The summed E-state index contributed by atoms with van der Waals surface area (Å²) in [6.07, 6.45) is 6.21. The first kappa shape index (κ1) is 14.6. The van der Waals surface area contributed by atoms with Crippen LogP contribution in [-0.2, 0) is 0 Å². The number of hydrogen-bond acceptors (Lipinski definition) is 2. The number of allylic oxidation sites excluding steroid dienone is 1. The smallest absolute Gasteiger partial charge is 0.171 e. The summed E-state index contributed by atoms with van der Waals surface area (Å²) >= 11 is 5.20. The van der Waals surface area contributed by atoms with Gasteiger partial charge in [0.2, 0.25) is 0 Å². The number of rotatable bonds is 4. The number of nitrogens with one attached hydrogen (secondary N) is 2. The zero-order valence-electron chi connectivity index (χ0n) is 12.1. The highest BCUT2D eigenvalue weighted by atomic mass is 32.1. The number of thiocarbonyl (C=S) groups is 1. The Balaban J connectivity index is 2.09. The molecule has 1 heterocycles. The second kappa shape index (κ2) is 6.09. The quantitative estimate of drug-likeness (QED) is 0.833. The monoisotopic (exact) mass is 288 g/mol. The molecular formula is C16H20N2OS. The van der Waals surface area contributed by atoms with E-state index in [4.69, 9.17) is 17.0 Å². The summed E-state index contributed by atoms with van der Waals surface area (Å²) in [5.41, 5.74) is 2.01. The second-order valence-electron chi connectivity index (χ2n) is 5.24. The minimum absolute atomic E-state index is 0.124. The van der Waals surface area contributed by atoms with Crippen LogP contribution in [0.2, 0.25) is 0 Å². The van der Waals surface area contributed by atoms with Crippen LogP contribution in [-0.4, -0.2) is 17.3 Å². The van der Waals surface area contributed by atoms with Gasteiger partial charge < -0.3 is 15.4 Å². The molecular weight excluding hydrogens is 268 g/mol. The van der Waals surface area contributed by atoms with Crippen molar-refractivity contribution in [3.8, 4) is 5.75 Å². The third kappa shape index (κ3) is 4.10. The van der Waals surface area contributed by atoms with E-state index >= 15 is 0 Å². The van der Waals surface area contributed by atoms with Crippen LogP contribution in [0.25, 0.3) is 6.08 Å². The van der Waals surface area contributed by atoms with Crippen molar-refractivity contribution in [2.75, 3.05) is 6.61 Å². The van der Waals surface area contributed by atoms with Crippen LogP contribution in [0.5, 0.6) is 5.75 Å². The second-order valence-corrected chi connectivity index (χ2v) is 5.64. The predicted octanol–water partition coefficient (Wildman–Crippen LogP) is 3.24. The Morgan fingerprint density at radius 2 is 1.90 bits per heavy atom. The van der Waals surface area contributed by atoms with Crippen LogP contribution in [0.15, 0.2) is 42.1 Å². The molecule has 2 rings (SSSR count). The van der Waals surface area contributed by atoms with E-state index in [-0.39, 0.29) is 5.54 Å². The standard InChI is InChI=1S/C16H20N2OS/c1-4-19-14-9-6-12(7-10-14)5-8-13-11-16(2,3)18-15(20)17-13/h5-11H,4H2,1-3H3,(H2,17,18,20)/b8-5+.